The van der Waals surface area contributed by atoms with Crippen LogP contribution in [0.15, 0.2) is 6.20 Å². The topological polar surface area (TPSA) is 41.1 Å². The van der Waals surface area contributed by atoms with Gasteiger partial charge in [-0.2, -0.15) is 13.2 Å². The quantitative estimate of drug-likeness (QED) is 0.786. The van der Waals surface area contributed by atoms with Crippen molar-refractivity contribution in [1.29, 1.82) is 0 Å². The molecule has 0 aliphatic rings. The highest BCUT2D eigenvalue weighted by Gasteiger charge is 2.30. The van der Waals surface area contributed by atoms with E-state index in [9.17, 15) is 13.2 Å². The fourth-order valence-corrected chi connectivity index (χ4v) is 1.89. The van der Waals surface area contributed by atoms with Crippen molar-refractivity contribution in [3.8, 4) is 0 Å². The van der Waals surface area contributed by atoms with Gasteiger partial charge in [-0.05, 0) is 13.0 Å². The SMILES string of the molecule is CCCNCc1nc(C(C)C)ncc1N(C)CC(F)(F)F. The number of anilines is 1. The molecule has 0 radical (unpaired) electrons. The molecular weight excluding hydrogens is 281 g/mol. The van der Waals surface area contributed by atoms with Crippen molar-refractivity contribution in [2.24, 2.45) is 0 Å². The average molecular weight is 304 g/mol. The van der Waals surface area contributed by atoms with Gasteiger partial charge < -0.3 is 10.2 Å². The second-order valence-corrected chi connectivity index (χ2v) is 5.36. The molecule has 1 N–H and O–H groups in total. The minimum Gasteiger partial charge on any atom is -0.363 e. The third-order valence-corrected chi connectivity index (χ3v) is 2.93. The van der Waals surface area contributed by atoms with Gasteiger partial charge in [0.05, 0.1) is 17.6 Å². The highest BCUT2D eigenvalue weighted by molar-refractivity contribution is 5.48. The first-order chi connectivity index (χ1) is 9.74. The van der Waals surface area contributed by atoms with Gasteiger partial charge in [-0.15, -0.1) is 0 Å². The van der Waals surface area contributed by atoms with Crippen LogP contribution in [0.3, 0.4) is 0 Å². The number of nitrogens with zero attached hydrogens (tertiary/aromatic N) is 3. The Balaban J connectivity index is 2.99. The lowest BCUT2D eigenvalue weighted by Gasteiger charge is -2.23. The van der Waals surface area contributed by atoms with Gasteiger partial charge in [0, 0.05) is 19.5 Å². The molecule has 1 aromatic heterocycles. The van der Waals surface area contributed by atoms with E-state index >= 15 is 0 Å². The van der Waals surface area contributed by atoms with E-state index in [4.69, 9.17) is 0 Å². The van der Waals surface area contributed by atoms with Crippen LogP contribution in [0.4, 0.5) is 18.9 Å². The van der Waals surface area contributed by atoms with Crippen LogP contribution in [-0.2, 0) is 6.54 Å². The molecule has 0 amide bonds. The largest absolute Gasteiger partial charge is 0.405 e. The van der Waals surface area contributed by atoms with Crippen LogP contribution in [0.1, 0.15) is 44.6 Å². The first kappa shape index (κ1) is 17.7. The standard InChI is InChI=1S/C14H23F3N4/c1-5-6-18-7-11-12(21(4)9-14(15,16)17)8-19-13(20-11)10(2)3/h8,10,18H,5-7,9H2,1-4H3. The van der Waals surface area contributed by atoms with E-state index in [0.29, 0.717) is 23.8 Å². The van der Waals surface area contributed by atoms with Gasteiger partial charge in [-0.3, -0.25) is 0 Å². The number of halogens is 3. The molecule has 0 fully saturated rings. The highest BCUT2D eigenvalue weighted by Crippen LogP contribution is 2.23. The molecule has 1 aromatic rings. The van der Waals surface area contributed by atoms with E-state index in [2.05, 4.69) is 15.3 Å². The summed E-state index contributed by atoms with van der Waals surface area (Å²) < 4.78 is 37.6. The van der Waals surface area contributed by atoms with Crippen LogP contribution in [0.25, 0.3) is 0 Å². The maximum absolute atomic E-state index is 12.5. The maximum Gasteiger partial charge on any atom is 0.405 e. The van der Waals surface area contributed by atoms with Gasteiger partial charge in [0.15, 0.2) is 0 Å². The molecule has 0 unspecified atom stereocenters. The van der Waals surface area contributed by atoms with Crippen molar-refractivity contribution < 1.29 is 13.2 Å². The minimum atomic E-state index is -4.25. The normalized spacial score (nSPS) is 12.0. The first-order valence-corrected chi connectivity index (χ1v) is 7.09. The van der Waals surface area contributed by atoms with Crippen molar-refractivity contribution >= 4 is 5.69 Å². The van der Waals surface area contributed by atoms with Gasteiger partial charge in [0.25, 0.3) is 0 Å². The summed E-state index contributed by atoms with van der Waals surface area (Å²) in [6, 6.07) is 0. The molecule has 0 aliphatic heterocycles. The fraction of sp³-hybridized carbons (Fsp3) is 0.714. The summed E-state index contributed by atoms with van der Waals surface area (Å²) in [7, 11) is 1.41. The number of nitrogens with one attached hydrogen (secondary N) is 1. The van der Waals surface area contributed by atoms with Gasteiger partial charge in [-0.1, -0.05) is 20.8 Å². The molecule has 0 bridgehead atoms. The Kier molecular flexibility index (Phi) is 6.39. The molecule has 0 spiro atoms. The Bertz CT molecular complexity index is 446. The summed E-state index contributed by atoms with van der Waals surface area (Å²) in [6.45, 7) is 6.16. The zero-order valence-corrected chi connectivity index (χ0v) is 13.0. The highest BCUT2D eigenvalue weighted by atomic mass is 19.4. The summed E-state index contributed by atoms with van der Waals surface area (Å²) in [4.78, 5) is 9.73. The third kappa shape index (κ3) is 5.87. The average Bonchev–Trinajstić information content (AvgIpc) is 2.36. The monoisotopic (exact) mass is 304 g/mol. The first-order valence-electron chi connectivity index (χ1n) is 7.09. The molecular formula is C14H23F3N4. The molecule has 1 rings (SSSR count). The van der Waals surface area contributed by atoms with Gasteiger partial charge in [-0.25, -0.2) is 9.97 Å². The third-order valence-electron chi connectivity index (χ3n) is 2.93. The number of alkyl halides is 3. The zero-order valence-electron chi connectivity index (χ0n) is 13.0. The zero-order chi connectivity index (χ0) is 16.0. The predicted octanol–water partition coefficient (Wildman–Crippen LogP) is 3.10. The number of hydrogen-bond donors (Lipinski definition) is 1. The minimum absolute atomic E-state index is 0.136. The number of hydrogen-bond acceptors (Lipinski definition) is 4. The van der Waals surface area contributed by atoms with E-state index in [-0.39, 0.29) is 5.92 Å². The van der Waals surface area contributed by atoms with E-state index in [0.717, 1.165) is 17.9 Å². The fourth-order valence-electron chi connectivity index (χ4n) is 1.89. The summed E-state index contributed by atoms with van der Waals surface area (Å²) >= 11 is 0. The Morgan fingerprint density at radius 1 is 1.33 bits per heavy atom. The molecule has 0 saturated carbocycles. The number of rotatable bonds is 7. The molecule has 1 heterocycles. The smallest absolute Gasteiger partial charge is 0.363 e. The van der Waals surface area contributed by atoms with Crippen molar-refractivity contribution in [1.82, 2.24) is 15.3 Å². The van der Waals surface area contributed by atoms with Gasteiger partial charge in [0.1, 0.15) is 12.4 Å². The molecule has 0 aliphatic carbocycles. The molecule has 0 saturated heterocycles. The van der Waals surface area contributed by atoms with E-state index in [1.807, 2.05) is 20.8 Å². The van der Waals surface area contributed by atoms with Crippen LogP contribution >= 0.6 is 0 Å². The lowest BCUT2D eigenvalue weighted by Crippen LogP contribution is -2.32. The van der Waals surface area contributed by atoms with Crippen LogP contribution in [0.5, 0.6) is 0 Å². The Labute approximate surface area is 123 Å². The van der Waals surface area contributed by atoms with Gasteiger partial charge in [0.2, 0.25) is 0 Å². The summed E-state index contributed by atoms with van der Waals surface area (Å²) in [6.07, 6.45) is -1.81. The van der Waals surface area contributed by atoms with Crippen LogP contribution in [0.2, 0.25) is 0 Å². The Morgan fingerprint density at radius 3 is 2.52 bits per heavy atom. The van der Waals surface area contributed by atoms with Crippen LogP contribution in [-0.4, -0.2) is 36.3 Å². The van der Waals surface area contributed by atoms with Crippen LogP contribution < -0.4 is 10.2 Å². The summed E-state index contributed by atoms with van der Waals surface area (Å²) in [5.41, 5.74) is 1.02. The van der Waals surface area contributed by atoms with E-state index in [1.165, 1.54) is 13.2 Å². The second-order valence-electron chi connectivity index (χ2n) is 5.36. The summed E-state index contributed by atoms with van der Waals surface area (Å²) in [5.74, 6) is 0.782. The Hall–Kier alpha value is -1.37. The maximum atomic E-state index is 12.5. The molecule has 4 nitrogen and oxygen atoms in total. The lowest BCUT2D eigenvalue weighted by atomic mass is 10.2. The molecule has 120 valence electrons. The van der Waals surface area contributed by atoms with E-state index < -0.39 is 12.7 Å². The van der Waals surface area contributed by atoms with Crippen LogP contribution in [0, 0.1) is 0 Å². The molecule has 0 atom stereocenters. The van der Waals surface area contributed by atoms with Crippen molar-refractivity contribution in [3.05, 3.63) is 17.7 Å². The Morgan fingerprint density at radius 2 is 2.00 bits per heavy atom. The summed E-state index contributed by atoms with van der Waals surface area (Å²) in [5, 5.41) is 3.18. The molecule has 21 heavy (non-hydrogen) atoms. The van der Waals surface area contributed by atoms with Crippen molar-refractivity contribution in [3.63, 3.8) is 0 Å². The molecule has 7 heteroatoms. The van der Waals surface area contributed by atoms with E-state index in [1.54, 1.807) is 0 Å². The van der Waals surface area contributed by atoms with Crippen molar-refractivity contribution in [2.75, 3.05) is 25.0 Å². The van der Waals surface area contributed by atoms with Crippen molar-refractivity contribution in [2.45, 2.75) is 45.8 Å². The predicted molar refractivity (Wildman–Crippen MR) is 77.4 cm³/mol. The number of aromatic nitrogens is 2. The second kappa shape index (κ2) is 7.59. The van der Waals surface area contributed by atoms with Gasteiger partial charge >= 0.3 is 6.18 Å². The molecule has 0 aromatic carbocycles. The lowest BCUT2D eigenvalue weighted by molar-refractivity contribution is -0.119.